The van der Waals surface area contributed by atoms with E-state index >= 15 is 0 Å². The molecule has 1 saturated heterocycles. The van der Waals surface area contributed by atoms with Crippen LogP contribution in [0.25, 0.3) is 0 Å². The Balaban J connectivity index is 1.98. The van der Waals surface area contributed by atoms with E-state index in [9.17, 15) is 15.0 Å². The SMILES string of the molecule is O=C(N[C@@H]1O[C@H](CI)[C@@H](O)[C@H]1O)c1nc[nH]n1. The number of aromatic amines is 1. The number of amides is 1. The fraction of sp³-hybridized carbons (Fsp3) is 0.625. The van der Waals surface area contributed by atoms with Gasteiger partial charge in [0.25, 0.3) is 5.91 Å². The molecule has 1 aromatic rings. The van der Waals surface area contributed by atoms with Crippen molar-refractivity contribution in [2.75, 3.05) is 4.43 Å². The van der Waals surface area contributed by atoms with Crippen LogP contribution in [0.3, 0.4) is 0 Å². The van der Waals surface area contributed by atoms with E-state index < -0.39 is 30.4 Å². The van der Waals surface area contributed by atoms with Crippen LogP contribution in [-0.2, 0) is 4.74 Å². The lowest BCUT2D eigenvalue weighted by molar-refractivity contribution is -0.00136. The third kappa shape index (κ3) is 2.56. The molecule has 0 bridgehead atoms. The lowest BCUT2D eigenvalue weighted by Gasteiger charge is -2.14. The molecule has 94 valence electrons. The highest BCUT2D eigenvalue weighted by atomic mass is 127. The van der Waals surface area contributed by atoms with Crippen LogP contribution in [0.5, 0.6) is 0 Å². The Bertz CT molecular complexity index is 387. The molecule has 4 atom stereocenters. The number of halogens is 1. The second kappa shape index (κ2) is 5.25. The smallest absolute Gasteiger partial charge is 0.293 e. The molecule has 0 aliphatic carbocycles. The van der Waals surface area contributed by atoms with Crippen molar-refractivity contribution in [3.8, 4) is 0 Å². The number of H-pyrrole nitrogens is 1. The van der Waals surface area contributed by atoms with Crippen LogP contribution in [0.2, 0.25) is 0 Å². The monoisotopic (exact) mass is 354 g/mol. The summed E-state index contributed by atoms with van der Waals surface area (Å²) in [5.74, 6) is -0.621. The molecule has 1 aromatic heterocycles. The summed E-state index contributed by atoms with van der Waals surface area (Å²) >= 11 is 2.03. The van der Waals surface area contributed by atoms with Gasteiger partial charge in [-0.2, -0.15) is 0 Å². The highest BCUT2D eigenvalue weighted by molar-refractivity contribution is 14.1. The normalized spacial score (nSPS) is 32.6. The highest BCUT2D eigenvalue weighted by Crippen LogP contribution is 2.21. The summed E-state index contributed by atoms with van der Waals surface area (Å²) in [6, 6.07) is 0. The quantitative estimate of drug-likeness (QED) is 0.384. The van der Waals surface area contributed by atoms with Gasteiger partial charge in [-0.3, -0.25) is 9.89 Å². The van der Waals surface area contributed by atoms with Gasteiger partial charge >= 0.3 is 0 Å². The molecule has 17 heavy (non-hydrogen) atoms. The van der Waals surface area contributed by atoms with E-state index in [-0.39, 0.29) is 5.82 Å². The first kappa shape index (κ1) is 12.7. The predicted octanol–water partition coefficient (Wildman–Crippen LogP) is -1.58. The standard InChI is InChI=1S/C8H11IN4O4/c9-1-3-4(14)5(15)8(17-3)12-7(16)6-10-2-11-13-6/h2-5,8,14-15H,1H2,(H,12,16)(H,10,11,13)/t3-,4-,5-,8-/m1/s1. The number of nitrogens with zero attached hydrogens (tertiary/aromatic N) is 2. The van der Waals surface area contributed by atoms with Crippen molar-refractivity contribution in [3.63, 3.8) is 0 Å². The Hall–Kier alpha value is -0.780. The zero-order valence-corrected chi connectivity index (χ0v) is 10.7. The molecule has 2 rings (SSSR count). The van der Waals surface area contributed by atoms with Crippen molar-refractivity contribution in [3.05, 3.63) is 12.2 Å². The molecule has 4 N–H and O–H groups in total. The maximum absolute atomic E-state index is 11.6. The lowest BCUT2D eigenvalue weighted by Crippen LogP contribution is -2.44. The zero-order valence-electron chi connectivity index (χ0n) is 8.58. The van der Waals surface area contributed by atoms with Crippen LogP contribution >= 0.6 is 22.6 Å². The molecule has 1 fully saturated rings. The number of rotatable bonds is 3. The first-order valence-electron chi connectivity index (χ1n) is 4.87. The molecule has 1 aliphatic heterocycles. The number of alkyl halides is 1. The van der Waals surface area contributed by atoms with Crippen molar-refractivity contribution in [2.24, 2.45) is 0 Å². The molecule has 8 nitrogen and oxygen atoms in total. The van der Waals surface area contributed by atoms with Gasteiger partial charge < -0.3 is 20.3 Å². The summed E-state index contributed by atoms with van der Waals surface area (Å²) in [7, 11) is 0. The minimum absolute atomic E-state index is 0.0480. The van der Waals surface area contributed by atoms with Gasteiger partial charge in [-0.25, -0.2) is 4.98 Å². The van der Waals surface area contributed by atoms with Crippen LogP contribution < -0.4 is 5.32 Å². The molecule has 2 heterocycles. The van der Waals surface area contributed by atoms with Gasteiger partial charge in [0.05, 0.1) is 6.10 Å². The third-order valence-electron chi connectivity index (χ3n) is 2.41. The fourth-order valence-corrected chi connectivity index (χ4v) is 2.24. The Morgan fingerprint density at radius 3 is 2.88 bits per heavy atom. The van der Waals surface area contributed by atoms with E-state index in [2.05, 4.69) is 20.5 Å². The van der Waals surface area contributed by atoms with Gasteiger partial charge in [-0.05, 0) is 0 Å². The molecule has 0 saturated carbocycles. The molecule has 0 spiro atoms. The lowest BCUT2D eigenvalue weighted by atomic mass is 10.1. The average Bonchev–Trinajstić information content (AvgIpc) is 2.93. The number of carbonyl (C=O) groups excluding carboxylic acids is 1. The van der Waals surface area contributed by atoms with E-state index in [0.717, 1.165) is 0 Å². The number of aliphatic hydroxyl groups is 2. The van der Waals surface area contributed by atoms with Crippen LogP contribution in [0.4, 0.5) is 0 Å². The maximum atomic E-state index is 11.6. The second-order valence-electron chi connectivity index (χ2n) is 3.53. The minimum atomic E-state index is -1.15. The molecular weight excluding hydrogens is 343 g/mol. The molecule has 0 radical (unpaired) electrons. The van der Waals surface area contributed by atoms with Crippen molar-refractivity contribution in [1.82, 2.24) is 20.5 Å². The van der Waals surface area contributed by atoms with Gasteiger partial charge in [0, 0.05) is 4.43 Å². The summed E-state index contributed by atoms with van der Waals surface area (Å²) in [6.45, 7) is 0. The van der Waals surface area contributed by atoms with E-state index in [1.807, 2.05) is 22.6 Å². The van der Waals surface area contributed by atoms with Gasteiger partial charge in [0.1, 0.15) is 18.5 Å². The van der Waals surface area contributed by atoms with E-state index in [1.54, 1.807) is 0 Å². The first-order valence-corrected chi connectivity index (χ1v) is 6.40. The van der Waals surface area contributed by atoms with Crippen molar-refractivity contribution >= 4 is 28.5 Å². The zero-order chi connectivity index (χ0) is 12.4. The highest BCUT2D eigenvalue weighted by Gasteiger charge is 2.43. The van der Waals surface area contributed by atoms with Crippen LogP contribution in [-0.4, -0.2) is 60.3 Å². The van der Waals surface area contributed by atoms with Crippen LogP contribution in [0.15, 0.2) is 6.33 Å². The Kier molecular flexibility index (Phi) is 3.91. The van der Waals surface area contributed by atoms with E-state index in [0.29, 0.717) is 4.43 Å². The third-order valence-corrected chi connectivity index (χ3v) is 3.27. The van der Waals surface area contributed by atoms with Gasteiger partial charge in [-0.15, -0.1) is 5.10 Å². The van der Waals surface area contributed by atoms with Crippen LogP contribution in [0, 0.1) is 0 Å². The first-order chi connectivity index (χ1) is 8.13. The summed E-state index contributed by atoms with van der Waals surface area (Å²) in [5.41, 5.74) is 0. The molecule has 0 aromatic carbocycles. The summed E-state index contributed by atoms with van der Waals surface area (Å²) in [5, 5.41) is 27.7. The molecule has 1 aliphatic rings. The Labute approximate surface area is 110 Å². The number of nitrogens with one attached hydrogen (secondary N) is 2. The largest absolute Gasteiger partial charge is 0.387 e. The molecule has 1 amide bonds. The van der Waals surface area contributed by atoms with E-state index in [1.165, 1.54) is 6.33 Å². The van der Waals surface area contributed by atoms with Gasteiger partial charge in [0.2, 0.25) is 5.82 Å². The number of hydrogen-bond acceptors (Lipinski definition) is 6. The maximum Gasteiger partial charge on any atom is 0.293 e. The summed E-state index contributed by atoms with van der Waals surface area (Å²) < 4.78 is 5.82. The number of carbonyl (C=O) groups is 1. The number of ether oxygens (including phenoxy) is 1. The summed E-state index contributed by atoms with van der Waals surface area (Å²) in [6.07, 6.45) is -2.34. The minimum Gasteiger partial charge on any atom is -0.387 e. The Morgan fingerprint density at radius 2 is 2.35 bits per heavy atom. The van der Waals surface area contributed by atoms with Gasteiger partial charge in [-0.1, -0.05) is 22.6 Å². The fourth-order valence-electron chi connectivity index (χ4n) is 1.51. The molecule has 0 unspecified atom stereocenters. The number of aromatic nitrogens is 3. The van der Waals surface area contributed by atoms with E-state index in [4.69, 9.17) is 4.74 Å². The van der Waals surface area contributed by atoms with Gasteiger partial charge in [0.15, 0.2) is 6.23 Å². The topological polar surface area (TPSA) is 120 Å². The average molecular weight is 354 g/mol. The Morgan fingerprint density at radius 1 is 1.59 bits per heavy atom. The second-order valence-corrected chi connectivity index (χ2v) is 4.41. The number of aliphatic hydroxyl groups excluding tert-OH is 2. The predicted molar refractivity (Wildman–Crippen MR) is 63.4 cm³/mol. The van der Waals surface area contributed by atoms with Crippen molar-refractivity contribution < 1.29 is 19.7 Å². The summed E-state index contributed by atoms with van der Waals surface area (Å²) in [4.78, 5) is 15.2. The molecule has 9 heteroatoms. The molecular formula is C8H11IN4O4. The van der Waals surface area contributed by atoms with Crippen molar-refractivity contribution in [1.29, 1.82) is 0 Å². The van der Waals surface area contributed by atoms with Crippen molar-refractivity contribution in [2.45, 2.75) is 24.5 Å². The number of hydrogen-bond donors (Lipinski definition) is 4. The van der Waals surface area contributed by atoms with Crippen LogP contribution in [0.1, 0.15) is 10.6 Å².